The van der Waals surface area contributed by atoms with Gasteiger partial charge in [-0.1, -0.05) is 46.4 Å². The molecule has 0 aliphatic heterocycles. The summed E-state index contributed by atoms with van der Waals surface area (Å²) in [6, 6.07) is 6.11. The molecule has 1 atom stereocenters. The zero-order chi connectivity index (χ0) is 27.2. The highest BCUT2D eigenvalue weighted by Gasteiger charge is 2.29. The molecule has 0 spiro atoms. The summed E-state index contributed by atoms with van der Waals surface area (Å²) >= 11 is 24.3. The highest BCUT2D eigenvalue weighted by Crippen LogP contribution is 2.34. The summed E-state index contributed by atoms with van der Waals surface area (Å²) in [6.45, 7) is -0.0941. The molecule has 0 aliphatic rings. The first-order valence-electron chi connectivity index (χ1n) is 10.2. The van der Waals surface area contributed by atoms with Crippen molar-refractivity contribution in [1.29, 1.82) is 5.41 Å². The molecular formula is C21H23Cl4N5O5S. The van der Waals surface area contributed by atoms with Crippen LogP contribution in [-0.4, -0.2) is 54.6 Å². The number of carboxylic acid groups (broad SMARTS) is 1. The van der Waals surface area contributed by atoms with Gasteiger partial charge >= 0.3 is 5.97 Å². The molecule has 0 bridgehead atoms. The van der Waals surface area contributed by atoms with Crippen molar-refractivity contribution in [3.8, 4) is 0 Å². The van der Waals surface area contributed by atoms with Crippen LogP contribution in [0, 0.1) is 5.41 Å². The molecule has 15 heteroatoms. The maximum absolute atomic E-state index is 13.2. The van der Waals surface area contributed by atoms with Crippen LogP contribution in [0.3, 0.4) is 0 Å². The van der Waals surface area contributed by atoms with E-state index in [1.807, 2.05) is 0 Å². The van der Waals surface area contributed by atoms with Crippen LogP contribution in [0.4, 0.5) is 5.69 Å². The van der Waals surface area contributed by atoms with Crippen LogP contribution >= 0.6 is 46.4 Å². The fourth-order valence-electron chi connectivity index (χ4n) is 3.16. The van der Waals surface area contributed by atoms with E-state index in [-0.39, 0.29) is 46.6 Å². The minimum Gasteiger partial charge on any atom is -0.480 e. The van der Waals surface area contributed by atoms with Gasteiger partial charge in [0.1, 0.15) is 11.8 Å². The van der Waals surface area contributed by atoms with Crippen molar-refractivity contribution in [3.05, 3.63) is 56.0 Å². The first-order chi connectivity index (χ1) is 16.7. The number of rotatable bonds is 11. The van der Waals surface area contributed by atoms with Crippen molar-refractivity contribution in [2.45, 2.75) is 30.3 Å². The third kappa shape index (κ3) is 8.39. The molecule has 2 aromatic carbocycles. The Bertz CT molecular complexity index is 1260. The van der Waals surface area contributed by atoms with Crippen LogP contribution in [0.5, 0.6) is 0 Å². The van der Waals surface area contributed by atoms with E-state index >= 15 is 0 Å². The lowest BCUT2D eigenvalue weighted by molar-refractivity contribution is -0.138. The van der Waals surface area contributed by atoms with Crippen LogP contribution in [0.15, 0.2) is 35.2 Å². The monoisotopic (exact) mass is 597 g/mol. The molecule has 196 valence electrons. The second-order valence-corrected chi connectivity index (χ2v) is 11.3. The predicted octanol–water partition coefficient (Wildman–Crippen LogP) is 3.60. The molecule has 0 aromatic heterocycles. The molecule has 10 nitrogen and oxygen atoms in total. The van der Waals surface area contributed by atoms with Gasteiger partial charge in [-0.25, -0.2) is 8.42 Å². The molecule has 1 amide bonds. The number of carboxylic acids is 1. The zero-order valence-electron chi connectivity index (χ0n) is 18.6. The van der Waals surface area contributed by atoms with Crippen LogP contribution in [0.1, 0.15) is 18.4 Å². The van der Waals surface area contributed by atoms with E-state index < -0.39 is 39.5 Å². The molecule has 7 N–H and O–H groups in total. The van der Waals surface area contributed by atoms with E-state index in [1.54, 1.807) is 18.2 Å². The number of nitrogens with two attached hydrogens (primary N) is 2. The number of aliphatic carboxylic acids is 1. The second kappa shape index (κ2) is 12.8. The summed E-state index contributed by atoms with van der Waals surface area (Å²) in [7, 11) is -4.33. The standard InChI is InChI=1S/C21H23Cl4N5O5S/c22-12-4-11(5-13(23)6-12)9-29-19-15(25)7-14(24)8-17(19)36(34,35)10-18(31)30(21(27)28)3-1-2-16(26)20(32)33/h4-8,16,29H,1-3,9-10,26H2,(H3,27,28)(H,32,33). The van der Waals surface area contributed by atoms with Gasteiger partial charge in [-0.3, -0.25) is 19.9 Å². The van der Waals surface area contributed by atoms with Crippen molar-refractivity contribution in [3.63, 3.8) is 0 Å². The number of amides is 1. The molecular weight excluding hydrogens is 576 g/mol. The summed E-state index contributed by atoms with van der Waals surface area (Å²) in [5, 5.41) is 20.2. The van der Waals surface area contributed by atoms with E-state index in [4.69, 9.17) is 68.4 Å². The number of halogens is 4. The lowest BCUT2D eigenvalue weighted by atomic mass is 10.1. The third-order valence-electron chi connectivity index (χ3n) is 4.86. The molecule has 2 rings (SSSR count). The van der Waals surface area contributed by atoms with Crippen molar-refractivity contribution >= 4 is 79.8 Å². The number of guanidine groups is 1. The molecule has 0 radical (unpaired) electrons. The quantitative estimate of drug-likeness (QED) is 0.192. The number of nitrogens with zero attached hydrogens (tertiary/aromatic N) is 1. The second-order valence-electron chi connectivity index (χ2n) is 7.67. The van der Waals surface area contributed by atoms with Gasteiger partial charge in [-0.2, -0.15) is 0 Å². The summed E-state index contributed by atoms with van der Waals surface area (Å²) in [5.74, 6) is -3.96. The molecule has 1 unspecified atom stereocenters. The zero-order valence-corrected chi connectivity index (χ0v) is 22.4. The minimum absolute atomic E-state index is 0.00627. The number of hydrogen-bond donors (Lipinski definition) is 5. The minimum atomic E-state index is -4.33. The third-order valence-corrected chi connectivity index (χ3v) is 7.44. The van der Waals surface area contributed by atoms with Crippen LogP contribution in [0.2, 0.25) is 20.1 Å². The largest absolute Gasteiger partial charge is 0.480 e. The van der Waals surface area contributed by atoms with Crippen LogP contribution in [0.25, 0.3) is 0 Å². The highest BCUT2D eigenvalue weighted by molar-refractivity contribution is 7.92. The van der Waals surface area contributed by atoms with Gasteiger partial charge < -0.3 is 21.9 Å². The number of carbonyl (C=O) groups is 2. The maximum atomic E-state index is 13.2. The van der Waals surface area contributed by atoms with Gasteiger partial charge in [0.25, 0.3) is 0 Å². The van der Waals surface area contributed by atoms with Crippen LogP contribution < -0.4 is 16.8 Å². The van der Waals surface area contributed by atoms with Crippen LogP contribution in [-0.2, 0) is 26.0 Å². The normalized spacial score (nSPS) is 12.1. The van der Waals surface area contributed by atoms with Crippen molar-refractivity contribution in [2.75, 3.05) is 17.6 Å². The first-order valence-corrected chi connectivity index (χ1v) is 13.4. The average Bonchev–Trinajstić information content (AvgIpc) is 2.73. The van der Waals surface area contributed by atoms with E-state index in [2.05, 4.69) is 5.32 Å². The van der Waals surface area contributed by atoms with E-state index in [0.717, 1.165) is 11.0 Å². The lowest BCUT2D eigenvalue weighted by Crippen LogP contribution is -2.45. The summed E-state index contributed by atoms with van der Waals surface area (Å²) in [5.41, 5.74) is 11.5. The Balaban J connectivity index is 2.27. The summed E-state index contributed by atoms with van der Waals surface area (Å²) in [4.78, 5) is 24.0. The lowest BCUT2D eigenvalue weighted by Gasteiger charge is -2.22. The smallest absolute Gasteiger partial charge is 0.320 e. The Hall–Kier alpha value is -2.28. The highest BCUT2D eigenvalue weighted by atomic mass is 35.5. The van der Waals surface area contributed by atoms with E-state index in [1.165, 1.54) is 6.07 Å². The maximum Gasteiger partial charge on any atom is 0.320 e. The first kappa shape index (κ1) is 29.9. The summed E-state index contributed by atoms with van der Waals surface area (Å²) < 4.78 is 26.5. The van der Waals surface area contributed by atoms with Gasteiger partial charge in [-0.05, 0) is 48.7 Å². The Morgan fingerprint density at radius 3 is 2.19 bits per heavy atom. The summed E-state index contributed by atoms with van der Waals surface area (Å²) in [6.07, 6.45) is 0.0709. The van der Waals surface area contributed by atoms with E-state index in [0.29, 0.717) is 15.6 Å². The predicted molar refractivity (Wildman–Crippen MR) is 141 cm³/mol. The number of hydrogen-bond acceptors (Lipinski definition) is 7. The van der Waals surface area contributed by atoms with E-state index in [9.17, 15) is 18.0 Å². The van der Waals surface area contributed by atoms with Gasteiger partial charge in [0.05, 0.1) is 15.6 Å². The number of carbonyl (C=O) groups excluding carboxylic acids is 1. The average molecular weight is 599 g/mol. The van der Waals surface area contributed by atoms with Crippen molar-refractivity contribution < 1.29 is 23.1 Å². The fraction of sp³-hybridized carbons (Fsp3) is 0.286. The molecule has 0 saturated carbocycles. The molecule has 0 saturated heterocycles. The SMILES string of the molecule is N=C(N)N(CCCC(N)C(=O)O)C(=O)CS(=O)(=O)c1cc(Cl)cc(Cl)c1NCc1cc(Cl)cc(Cl)c1. The number of sulfone groups is 1. The Labute approximate surface area is 227 Å². The van der Waals surface area contributed by atoms with Gasteiger partial charge in [-0.15, -0.1) is 0 Å². The Kier molecular flexibility index (Phi) is 10.6. The number of anilines is 1. The van der Waals surface area contributed by atoms with Crippen molar-refractivity contribution in [2.24, 2.45) is 11.5 Å². The van der Waals surface area contributed by atoms with Crippen molar-refractivity contribution in [1.82, 2.24) is 4.90 Å². The number of nitrogens with one attached hydrogen (secondary N) is 2. The molecule has 2 aromatic rings. The Morgan fingerprint density at radius 2 is 1.64 bits per heavy atom. The van der Waals surface area contributed by atoms with Gasteiger partial charge in [0.2, 0.25) is 5.91 Å². The molecule has 36 heavy (non-hydrogen) atoms. The fourth-order valence-corrected chi connectivity index (χ4v) is 5.85. The molecule has 0 fully saturated rings. The topological polar surface area (TPSA) is 180 Å². The molecule has 0 heterocycles. The Morgan fingerprint density at radius 1 is 1.06 bits per heavy atom. The van der Waals surface area contributed by atoms with Gasteiger partial charge in [0.15, 0.2) is 15.8 Å². The number of benzene rings is 2. The molecule has 0 aliphatic carbocycles. The van der Waals surface area contributed by atoms with Gasteiger partial charge in [0, 0.05) is 28.2 Å².